The number of nitrogens with zero attached hydrogens (tertiary/aromatic N) is 2. The Morgan fingerprint density at radius 1 is 1.10 bits per heavy atom. The van der Waals surface area contributed by atoms with Crippen LogP contribution in [0.2, 0.25) is 0 Å². The van der Waals surface area contributed by atoms with Crippen molar-refractivity contribution in [3.05, 3.63) is 65.2 Å². The zero-order chi connectivity index (χ0) is 21.9. The van der Waals surface area contributed by atoms with Gasteiger partial charge in [-0.05, 0) is 67.1 Å². The molecule has 0 aromatic heterocycles. The predicted octanol–water partition coefficient (Wildman–Crippen LogP) is 3.77. The van der Waals surface area contributed by atoms with Gasteiger partial charge in [-0.1, -0.05) is 24.3 Å². The lowest BCUT2D eigenvalue weighted by molar-refractivity contribution is -0.134. The highest BCUT2D eigenvalue weighted by Gasteiger charge is 2.16. The van der Waals surface area contributed by atoms with Gasteiger partial charge in [-0.25, -0.2) is 5.43 Å². The minimum Gasteiger partial charge on any atom is -0.484 e. The second kappa shape index (κ2) is 12.2. The third-order valence-corrected chi connectivity index (χ3v) is 6.09. The van der Waals surface area contributed by atoms with Crippen LogP contribution in [-0.2, 0) is 15.3 Å². The van der Waals surface area contributed by atoms with Gasteiger partial charge >= 0.3 is 0 Å². The van der Waals surface area contributed by atoms with Crippen LogP contribution in [0.25, 0.3) is 0 Å². The van der Waals surface area contributed by atoms with E-state index in [1.807, 2.05) is 29.2 Å². The summed E-state index contributed by atoms with van der Waals surface area (Å²) in [7, 11) is 0. The van der Waals surface area contributed by atoms with Gasteiger partial charge in [0, 0.05) is 18.8 Å². The molecule has 3 rings (SSSR count). The second-order valence-electron chi connectivity index (χ2n) is 7.51. The zero-order valence-corrected chi connectivity index (χ0v) is 18.7. The summed E-state index contributed by atoms with van der Waals surface area (Å²) in [5.74, 6) is 1.69. The molecule has 1 fully saturated rings. The van der Waals surface area contributed by atoms with Crippen molar-refractivity contribution in [1.82, 2.24) is 10.3 Å². The molecule has 0 aliphatic carbocycles. The fourth-order valence-electron chi connectivity index (χ4n) is 3.27. The molecule has 1 N–H and O–H groups in total. The fourth-order valence-corrected chi connectivity index (χ4v) is 4.16. The van der Waals surface area contributed by atoms with Crippen LogP contribution in [-0.4, -0.2) is 48.4 Å². The van der Waals surface area contributed by atoms with Crippen molar-refractivity contribution in [2.75, 3.05) is 25.4 Å². The summed E-state index contributed by atoms with van der Waals surface area (Å²) in [5, 5.41) is 4.01. The Bertz CT molecular complexity index is 893. The van der Waals surface area contributed by atoms with Gasteiger partial charge < -0.3 is 9.64 Å². The Morgan fingerprint density at radius 2 is 1.84 bits per heavy atom. The normalized spacial score (nSPS) is 13.9. The van der Waals surface area contributed by atoms with Gasteiger partial charge in [-0.15, -0.1) is 11.8 Å². The van der Waals surface area contributed by atoms with E-state index in [0.29, 0.717) is 11.5 Å². The summed E-state index contributed by atoms with van der Waals surface area (Å²) in [6, 6.07) is 15.4. The molecule has 164 valence electrons. The third kappa shape index (κ3) is 7.75. The van der Waals surface area contributed by atoms with Gasteiger partial charge in [-0.3, -0.25) is 9.59 Å². The number of benzene rings is 2. The summed E-state index contributed by atoms with van der Waals surface area (Å²) < 4.78 is 5.60. The first-order valence-electron chi connectivity index (χ1n) is 10.6. The lowest BCUT2D eigenvalue weighted by Crippen LogP contribution is -2.38. The largest absolute Gasteiger partial charge is 0.484 e. The highest BCUT2D eigenvalue weighted by atomic mass is 32.2. The molecule has 2 aromatic rings. The Balaban J connectivity index is 1.35. The summed E-state index contributed by atoms with van der Waals surface area (Å²) in [4.78, 5) is 26.0. The van der Waals surface area contributed by atoms with E-state index in [1.54, 1.807) is 30.1 Å². The quantitative estimate of drug-likeness (QED) is 0.477. The number of likely N-dealkylation sites (tertiary alicyclic amines) is 1. The van der Waals surface area contributed by atoms with Crippen LogP contribution in [0, 0.1) is 6.92 Å². The molecule has 0 bridgehead atoms. The maximum atomic E-state index is 12.2. The number of nitrogens with one attached hydrogen (secondary N) is 1. The van der Waals surface area contributed by atoms with Crippen molar-refractivity contribution in [1.29, 1.82) is 0 Å². The average Bonchev–Trinajstić information content (AvgIpc) is 2.80. The van der Waals surface area contributed by atoms with Crippen molar-refractivity contribution in [3.63, 3.8) is 0 Å². The Labute approximate surface area is 188 Å². The minimum atomic E-state index is -0.133. The second-order valence-corrected chi connectivity index (χ2v) is 8.50. The molecule has 6 nitrogen and oxygen atoms in total. The van der Waals surface area contributed by atoms with E-state index in [0.717, 1.165) is 37.2 Å². The first kappa shape index (κ1) is 22.9. The first-order valence-corrected chi connectivity index (χ1v) is 11.7. The van der Waals surface area contributed by atoms with Gasteiger partial charge in [0.15, 0.2) is 6.61 Å². The van der Waals surface area contributed by atoms with Crippen LogP contribution in [0.3, 0.4) is 0 Å². The van der Waals surface area contributed by atoms with Crippen LogP contribution >= 0.6 is 11.8 Å². The number of hydrogen-bond donors (Lipinski definition) is 1. The van der Waals surface area contributed by atoms with Crippen molar-refractivity contribution in [2.24, 2.45) is 5.10 Å². The fraction of sp³-hybridized carbons (Fsp3) is 0.375. The zero-order valence-electron chi connectivity index (χ0n) is 17.9. The molecule has 0 spiro atoms. The molecule has 1 saturated heterocycles. The topological polar surface area (TPSA) is 71.0 Å². The molecule has 0 radical (unpaired) electrons. The van der Waals surface area contributed by atoms with Crippen LogP contribution in [0.1, 0.15) is 36.0 Å². The molecule has 0 saturated carbocycles. The van der Waals surface area contributed by atoms with Crippen molar-refractivity contribution in [3.8, 4) is 5.75 Å². The lowest BCUT2D eigenvalue weighted by atomic mass is 10.1. The number of ether oxygens (including phenoxy) is 1. The van der Waals surface area contributed by atoms with Crippen molar-refractivity contribution in [2.45, 2.75) is 31.9 Å². The van der Waals surface area contributed by atoms with E-state index in [4.69, 9.17) is 4.74 Å². The molecular weight excluding hydrogens is 410 g/mol. The maximum Gasteiger partial charge on any atom is 0.260 e. The van der Waals surface area contributed by atoms with Crippen LogP contribution in [0.5, 0.6) is 5.75 Å². The summed E-state index contributed by atoms with van der Waals surface area (Å²) in [5.41, 5.74) is 5.86. The number of aryl methyl sites for hydroxylation is 1. The number of hydrazone groups is 1. The van der Waals surface area contributed by atoms with Gasteiger partial charge in [0.05, 0.1) is 12.0 Å². The number of hydrogen-bond acceptors (Lipinski definition) is 5. The number of rotatable bonds is 9. The Kier molecular flexibility index (Phi) is 8.97. The van der Waals surface area contributed by atoms with Crippen molar-refractivity contribution >= 4 is 29.8 Å². The predicted molar refractivity (Wildman–Crippen MR) is 125 cm³/mol. The molecule has 31 heavy (non-hydrogen) atoms. The summed E-state index contributed by atoms with van der Waals surface area (Å²) >= 11 is 1.56. The van der Waals surface area contributed by atoms with Gasteiger partial charge in [0.1, 0.15) is 5.75 Å². The Morgan fingerprint density at radius 3 is 2.58 bits per heavy atom. The molecule has 1 aliphatic rings. The molecule has 2 aromatic carbocycles. The monoisotopic (exact) mass is 439 g/mol. The Hall–Kier alpha value is -2.80. The van der Waals surface area contributed by atoms with E-state index in [-0.39, 0.29) is 18.4 Å². The van der Waals surface area contributed by atoms with Gasteiger partial charge in [-0.2, -0.15) is 5.10 Å². The van der Waals surface area contributed by atoms with Crippen LogP contribution in [0.15, 0.2) is 53.6 Å². The number of carbonyl (C=O) groups excluding carboxylic acids is 2. The number of carbonyl (C=O) groups is 2. The highest BCUT2D eigenvalue weighted by Crippen LogP contribution is 2.16. The van der Waals surface area contributed by atoms with E-state index >= 15 is 0 Å². The number of thioether (sulfide) groups is 1. The molecule has 7 heteroatoms. The smallest absolute Gasteiger partial charge is 0.260 e. The maximum absolute atomic E-state index is 12.2. The molecule has 0 unspecified atom stereocenters. The van der Waals surface area contributed by atoms with Gasteiger partial charge in [0.25, 0.3) is 5.91 Å². The van der Waals surface area contributed by atoms with E-state index in [9.17, 15) is 9.59 Å². The van der Waals surface area contributed by atoms with E-state index in [1.165, 1.54) is 17.5 Å². The van der Waals surface area contributed by atoms with E-state index in [2.05, 4.69) is 29.6 Å². The van der Waals surface area contributed by atoms with Crippen LogP contribution in [0.4, 0.5) is 0 Å². The summed E-state index contributed by atoms with van der Waals surface area (Å²) in [6.45, 7) is 3.79. The average molecular weight is 440 g/mol. The van der Waals surface area contributed by atoms with Gasteiger partial charge in [0.2, 0.25) is 5.91 Å². The molecule has 0 atom stereocenters. The molecule has 1 aliphatic heterocycles. The third-order valence-electron chi connectivity index (χ3n) is 5.11. The lowest BCUT2D eigenvalue weighted by Gasteiger charge is -2.26. The number of amides is 2. The highest BCUT2D eigenvalue weighted by molar-refractivity contribution is 7.99. The van der Waals surface area contributed by atoms with E-state index < -0.39 is 0 Å². The number of piperidine rings is 1. The standard InChI is InChI=1S/C24H29N3O3S/c1-19-7-3-4-8-21(19)17-31-18-23(28)26-25-15-20-9-11-22(12-10-20)30-16-24(29)27-13-5-2-6-14-27/h3-4,7-12,15H,2,5-6,13-14,16-18H2,1H3,(H,26,28)/b25-15-. The molecule has 1 heterocycles. The first-order chi connectivity index (χ1) is 15.1. The van der Waals surface area contributed by atoms with Crippen LogP contribution < -0.4 is 10.2 Å². The molecular formula is C24H29N3O3S. The SMILES string of the molecule is Cc1ccccc1CSCC(=O)N/N=C\c1ccc(OCC(=O)N2CCCCC2)cc1. The summed E-state index contributed by atoms with van der Waals surface area (Å²) in [6.07, 6.45) is 4.93. The molecule has 2 amide bonds. The minimum absolute atomic E-state index is 0.0355. The van der Waals surface area contributed by atoms with Crippen molar-refractivity contribution < 1.29 is 14.3 Å².